The lowest BCUT2D eigenvalue weighted by atomic mass is 9.86. The summed E-state index contributed by atoms with van der Waals surface area (Å²) in [6.07, 6.45) is 13.2. The van der Waals surface area contributed by atoms with E-state index in [0.29, 0.717) is 11.8 Å². The number of rotatable bonds is 18. The van der Waals surface area contributed by atoms with Crippen LogP contribution in [0.25, 0.3) is 33.4 Å². The summed E-state index contributed by atoms with van der Waals surface area (Å²) in [6.45, 7) is 4.60. The number of alkyl halides is 2. The molecule has 5 aromatic rings. The first-order chi connectivity index (χ1) is 28.4. The Morgan fingerprint density at radius 2 is 0.707 bits per heavy atom. The van der Waals surface area contributed by atoms with Crippen molar-refractivity contribution in [3.05, 3.63) is 190 Å². The van der Waals surface area contributed by atoms with E-state index in [-0.39, 0.29) is 11.6 Å². The van der Waals surface area contributed by atoms with E-state index in [4.69, 9.17) is 0 Å². The minimum Gasteiger partial charge on any atom is -0.289 e. The summed E-state index contributed by atoms with van der Waals surface area (Å²) in [4.78, 5) is 28.1. The summed E-state index contributed by atoms with van der Waals surface area (Å²) >= 11 is 7.10. The van der Waals surface area contributed by atoms with Crippen LogP contribution in [0.2, 0.25) is 0 Å². The molecule has 0 fully saturated rings. The van der Waals surface area contributed by atoms with Crippen LogP contribution in [-0.2, 0) is 9.59 Å². The average Bonchev–Trinajstić information content (AvgIpc) is 3.81. The van der Waals surface area contributed by atoms with E-state index in [2.05, 4.69) is 143 Å². The van der Waals surface area contributed by atoms with Gasteiger partial charge in [0.05, 0.1) is 0 Å². The van der Waals surface area contributed by atoms with Gasteiger partial charge in [-0.15, -0.1) is 0 Å². The molecule has 0 heterocycles. The van der Waals surface area contributed by atoms with Crippen molar-refractivity contribution in [2.75, 3.05) is 10.7 Å². The molecule has 0 saturated carbocycles. The second-order valence-corrected chi connectivity index (χ2v) is 17.4. The molecule has 2 aliphatic carbocycles. The third kappa shape index (κ3) is 9.46. The van der Waals surface area contributed by atoms with Gasteiger partial charge in [0.15, 0.2) is 11.6 Å². The number of ketones is 2. The molecule has 2 unspecified atom stereocenters. The van der Waals surface area contributed by atoms with Crippen LogP contribution in [0.4, 0.5) is 0 Å². The van der Waals surface area contributed by atoms with Gasteiger partial charge >= 0.3 is 0 Å². The fourth-order valence-corrected chi connectivity index (χ4v) is 9.26. The Morgan fingerprint density at radius 3 is 1.05 bits per heavy atom. The van der Waals surface area contributed by atoms with Gasteiger partial charge in [-0.3, -0.25) is 9.59 Å². The van der Waals surface area contributed by atoms with Gasteiger partial charge in [0.25, 0.3) is 0 Å². The first-order valence-electron chi connectivity index (χ1n) is 20.9. The van der Waals surface area contributed by atoms with Crippen LogP contribution in [0.1, 0.15) is 122 Å². The van der Waals surface area contributed by atoms with E-state index in [9.17, 15) is 9.59 Å². The zero-order valence-corrected chi connectivity index (χ0v) is 36.8. The molecular formula is C54H52Br2O2. The quantitative estimate of drug-likeness (QED) is 0.0649. The highest BCUT2D eigenvalue weighted by Gasteiger charge is 2.30. The molecule has 0 N–H and O–H groups in total. The molecule has 2 aliphatic rings. The second kappa shape index (κ2) is 19.9. The number of allylic oxidation sites excluding steroid dienone is 8. The van der Waals surface area contributed by atoms with Crippen LogP contribution in [-0.4, -0.2) is 22.2 Å². The van der Waals surface area contributed by atoms with Crippen LogP contribution < -0.4 is 0 Å². The molecule has 0 amide bonds. The molecular weight excluding hydrogens is 840 g/mol. The number of hydrogen-bond acceptors (Lipinski definition) is 2. The molecule has 2 atom stereocenters. The van der Waals surface area contributed by atoms with Crippen molar-refractivity contribution in [3.63, 3.8) is 0 Å². The van der Waals surface area contributed by atoms with Crippen molar-refractivity contribution in [2.45, 2.75) is 77.0 Å². The molecule has 0 bridgehead atoms. The predicted molar refractivity (Wildman–Crippen MR) is 253 cm³/mol. The lowest BCUT2D eigenvalue weighted by Crippen LogP contribution is -2.00. The van der Waals surface area contributed by atoms with Crippen LogP contribution >= 0.6 is 31.9 Å². The lowest BCUT2D eigenvalue weighted by molar-refractivity contribution is -0.110. The smallest absolute Gasteiger partial charge is 0.187 e. The number of hydrogen-bond donors (Lipinski definition) is 0. The maximum absolute atomic E-state index is 14.0. The second-order valence-electron chi connectivity index (χ2n) is 15.8. The first kappa shape index (κ1) is 41.5. The van der Waals surface area contributed by atoms with E-state index < -0.39 is 0 Å². The van der Waals surface area contributed by atoms with Gasteiger partial charge in [-0.05, 0) is 105 Å². The Hall–Kier alpha value is -4.64. The molecule has 0 saturated heterocycles. The molecule has 2 nitrogen and oxygen atoms in total. The highest BCUT2D eigenvalue weighted by Crippen LogP contribution is 2.46. The molecule has 4 heteroatoms. The van der Waals surface area contributed by atoms with E-state index in [1.165, 1.54) is 49.7 Å². The Balaban J connectivity index is 1.26. The van der Waals surface area contributed by atoms with Gasteiger partial charge in [-0.2, -0.15) is 0 Å². The molecule has 0 aromatic heterocycles. The van der Waals surface area contributed by atoms with E-state index in [0.717, 1.165) is 90.3 Å². The summed E-state index contributed by atoms with van der Waals surface area (Å²) in [5, 5.41) is 2.11. The SMILES string of the molecule is CC(CCCCCBr)c1ccc(C2=C(c3ccc(C4=C(c5ccc(C(C)CCCCCBr)cc5)C(=O)C=C4c4ccccc4)cc3)C(c3ccccc3)=CC2=O)cc1. The maximum atomic E-state index is 14.0. The van der Waals surface area contributed by atoms with Gasteiger partial charge in [-0.25, -0.2) is 0 Å². The van der Waals surface area contributed by atoms with E-state index in [1.54, 1.807) is 12.2 Å². The number of benzene rings is 5. The highest BCUT2D eigenvalue weighted by atomic mass is 79.9. The van der Waals surface area contributed by atoms with Crippen LogP contribution in [0, 0.1) is 0 Å². The average molecular weight is 893 g/mol. The number of unbranched alkanes of at least 4 members (excludes halogenated alkanes) is 4. The molecule has 0 aliphatic heterocycles. The minimum absolute atomic E-state index is 0.0193. The normalized spacial score (nSPS) is 15.2. The number of carbonyl (C=O) groups excluding carboxylic acids is 2. The molecule has 294 valence electrons. The Labute approximate surface area is 362 Å². The monoisotopic (exact) mass is 890 g/mol. The van der Waals surface area contributed by atoms with Gasteiger partial charge in [-0.1, -0.05) is 205 Å². The summed E-state index contributed by atoms with van der Waals surface area (Å²) in [6, 6.07) is 46.2. The van der Waals surface area contributed by atoms with Crippen LogP contribution in [0.5, 0.6) is 0 Å². The van der Waals surface area contributed by atoms with Gasteiger partial charge in [0, 0.05) is 33.0 Å². The zero-order chi connectivity index (χ0) is 40.4. The third-order valence-electron chi connectivity index (χ3n) is 11.8. The molecule has 0 radical (unpaired) electrons. The summed E-state index contributed by atoms with van der Waals surface area (Å²) in [5.74, 6) is 0.955. The first-order valence-corrected chi connectivity index (χ1v) is 23.2. The number of halogens is 2. The zero-order valence-electron chi connectivity index (χ0n) is 33.7. The topological polar surface area (TPSA) is 34.1 Å². The Bertz CT molecular complexity index is 2160. The fourth-order valence-electron chi connectivity index (χ4n) is 8.47. The molecule has 7 rings (SSSR count). The molecule has 5 aromatic carbocycles. The standard InChI is InChI=1S/C54H52Br2O2/c1-37(15-7-5-13-33-55)39-21-25-45(26-22-39)53-49(57)35-47(41-17-9-3-10-18-41)51(53)43-29-31-44(32-30-43)52-48(42-19-11-4-12-20-42)36-50(58)54(52)46-27-23-40(24-28-46)38(2)16-8-6-14-34-56/h3-4,9-12,17-32,35-38H,5-8,13-16,33-34H2,1-2H3. The van der Waals surface area contributed by atoms with Gasteiger partial charge in [0.2, 0.25) is 0 Å². The van der Waals surface area contributed by atoms with E-state index >= 15 is 0 Å². The largest absolute Gasteiger partial charge is 0.289 e. The van der Waals surface area contributed by atoms with Gasteiger partial charge in [0.1, 0.15) is 0 Å². The lowest BCUT2D eigenvalue weighted by Gasteiger charge is -2.17. The fraction of sp³-hybridized carbons (Fsp3) is 0.259. The van der Waals surface area contributed by atoms with Crippen molar-refractivity contribution in [1.82, 2.24) is 0 Å². The predicted octanol–water partition coefficient (Wildman–Crippen LogP) is 15.0. The minimum atomic E-state index is 0.0193. The van der Waals surface area contributed by atoms with Crippen LogP contribution in [0.3, 0.4) is 0 Å². The Morgan fingerprint density at radius 1 is 0.379 bits per heavy atom. The summed E-state index contributed by atoms with van der Waals surface area (Å²) in [5.41, 5.74) is 13.6. The number of carbonyl (C=O) groups is 2. The van der Waals surface area contributed by atoms with Gasteiger partial charge < -0.3 is 0 Å². The van der Waals surface area contributed by atoms with Crippen LogP contribution in [0.15, 0.2) is 146 Å². The van der Waals surface area contributed by atoms with Crippen molar-refractivity contribution in [2.24, 2.45) is 0 Å². The third-order valence-corrected chi connectivity index (χ3v) is 12.9. The Kier molecular flexibility index (Phi) is 14.2. The maximum Gasteiger partial charge on any atom is 0.187 e. The van der Waals surface area contributed by atoms with Crippen molar-refractivity contribution < 1.29 is 9.59 Å². The van der Waals surface area contributed by atoms with Crippen molar-refractivity contribution in [3.8, 4) is 0 Å². The van der Waals surface area contributed by atoms with Crippen molar-refractivity contribution >= 4 is 76.9 Å². The summed E-state index contributed by atoms with van der Waals surface area (Å²) < 4.78 is 0. The van der Waals surface area contributed by atoms with Crippen molar-refractivity contribution in [1.29, 1.82) is 0 Å². The van der Waals surface area contributed by atoms with E-state index in [1.807, 2.05) is 36.4 Å². The molecule has 58 heavy (non-hydrogen) atoms. The molecule has 0 spiro atoms. The summed E-state index contributed by atoms with van der Waals surface area (Å²) in [7, 11) is 0. The highest BCUT2D eigenvalue weighted by molar-refractivity contribution is 9.09.